The number of hydrogen-bond acceptors (Lipinski definition) is 3. The molecular formula is C24H31N3O. The molecule has 2 heterocycles. The van der Waals surface area contributed by atoms with E-state index in [-0.39, 0.29) is 12.0 Å². The molecule has 0 saturated carbocycles. The van der Waals surface area contributed by atoms with Crippen LogP contribution in [0, 0.1) is 5.92 Å². The number of piperazine rings is 1. The van der Waals surface area contributed by atoms with Crippen molar-refractivity contribution in [3.05, 3.63) is 71.8 Å². The van der Waals surface area contributed by atoms with Crippen LogP contribution in [-0.4, -0.2) is 66.9 Å². The Morgan fingerprint density at radius 1 is 0.786 bits per heavy atom. The first-order chi connectivity index (χ1) is 13.7. The van der Waals surface area contributed by atoms with Crippen molar-refractivity contribution in [2.75, 3.05) is 46.3 Å². The largest absolute Gasteiger partial charge is 0.340 e. The highest BCUT2D eigenvalue weighted by Crippen LogP contribution is 2.30. The first kappa shape index (κ1) is 19.2. The van der Waals surface area contributed by atoms with Crippen molar-refractivity contribution < 1.29 is 4.79 Å². The van der Waals surface area contributed by atoms with Crippen molar-refractivity contribution in [3.63, 3.8) is 0 Å². The van der Waals surface area contributed by atoms with E-state index in [0.717, 1.165) is 52.1 Å². The van der Waals surface area contributed by atoms with E-state index in [1.807, 2.05) is 0 Å². The fraction of sp³-hybridized carbons (Fsp3) is 0.458. The van der Waals surface area contributed by atoms with E-state index in [1.54, 1.807) is 0 Å². The van der Waals surface area contributed by atoms with E-state index in [2.05, 4.69) is 82.4 Å². The van der Waals surface area contributed by atoms with Crippen LogP contribution >= 0.6 is 0 Å². The maximum Gasteiger partial charge on any atom is 0.225 e. The van der Waals surface area contributed by atoms with Gasteiger partial charge in [0.2, 0.25) is 5.91 Å². The van der Waals surface area contributed by atoms with E-state index in [0.29, 0.717) is 5.91 Å². The van der Waals surface area contributed by atoms with Gasteiger partial charge in [-0.25, -0.2) is 0 Å². The summed E-state index contributed by atoms with van der Waals surface area (Å²) in [7, 11) is 2.15. The SMILES string of the molecule is CN1CCC(C(=O)N2CCN(C(c3ccccc3)c3ccccc3)CC2)CC1. The minimum absolute atomic E-state index is 0.224. The number of amides is 1. The van der Waals surface area contributed by atoms with Crippen molar-refractivity contribution >= 4 is 5.91 Å². The van der Waals surface area contributed by atoms with Gasteiger partial charge < -0.3 is 9.80 Å². The highest BCUT2D eigenvalue weighted by molar-refractivity contribution is 5.79. The maximum absolute atomic E-state index is 13.0. The Kier molecular flexibility index (Phi) is 6.08. The second kappa shape index (κ2) is 8.89. The summed E-state index contributed by atoms with van der Waals surface area (Å²) < 4.78 is 0. The lowest BCUT2D eigenvalue weighted by molar-refractivity contribution is -0.139. The molecule has 0 spiro atoms. The third-order valence-electron chi connectivity index (χ3n) is 6.29. The number of nitrogens with zero attached hydrogens (tertiary/aromatic N) is 3. The van der Waals surface area contributed by atoms with Gasteiger partial charge in [0.25, 0.3) is 0 Å². The van der Waals surface area contributed by atoms with E-state index in [4.69, 9.17) is 0 Å². The Morgan fingerprint density at radius 2 is 1.29 bits per heavy atom. The highest BCUT2D eigenvalue weighted by Gasteiger charge is 2.32. The van der Waals surface area contributed by atoms with E-state index >= 15 is 0 Å². The third kappa shape index (κ3) is 4.29. The molecule has 0 N–H and O–H groups in total. The quantitative estimate of drug-likeness (QED) is 0.818. The fourth-order valence-electron chi connectivity index (χ4n) is 4.60. The Hall–Kier alpha value is -2.17. The van der Waals surface area contributed by atoms with Crippen molar-refractivity contribution in [2.45, 2.75) is 18.9 Å². The van der Waals surface area contributed by atoms with Crippen LogP contribution in [0.5, 0.6) is 0 Å². The summed E-state index contributed by atoms with van der Waals surface area (Å²) in [5.74, 6) is 0.602. The molecule has 0 atom stereocenters. The summed E-state index contributed by atoms with van der Waals surface area (Å²) >= 11 is 0. The second-order valence-electron chi connectivity index (χ2n) is 8.16. The molecule has 0 radical (unpaired) electrons. The summed E-state index contributed by atoms with van der Waals surface area (Å²) in [5.41, 5.74) is 2.65. The van der Waals surface area contributed by atoms with Crippen LogP contribution in [0.1, 0.15) is 30.0 Å². The number of rotatable bonds is 4. The summed E-state index contributed by atoms with van der Waals surface area (Å²) in [6, 6.07) is 21.7. The molecule has 148 valence electrons. The van der Waals surface area contributed by atoms with Crippen molar-refractivity contribution in [3.8, 4) is 0 Å². The molecule has 0 unspecified atom stereocenters. The third-order valence-corrected chi connectivity index (χ3v) is 6.29. The molecule has 0 aliphatic carbocycles. The highest BCUT2D eigenvalue weighted by atomic mass is 16.2. The summed E-state index contributed by atoms with van der Waals surface area (Å²) in [6.45, 7) is 5.60. The van der Waals surface area contributed by atoms with E-state index in [1.165, 1.54) is 11.1 Å². The molecule has 28 heavy (non-hydrogen) atoms. The smallest absolute Gasteiger partial charge is 0.225 e. The Bertz CT molecular complexity index is 708. The molecule has 2 aliphatic rings. The number of carbonyl (C=O) groups excluding carboxylic acids is 1. The fourth-order valence-corrected chi connectivity index (χ4v) is 4.60. The molecule has 2 aromatic carbocycles. The molecule has 4 nitrogen and oxygen atoms in total. The van der Waals surface area contributed by atoms with Crippen LogP contribution in [0.3, 0.4) is 0 Å². The monoisotopic (exact) mass is 377 g/mol. The van der Waals surface area contributed by atoms with Crippen LogP contribution in [0.25, 0.3) is 0 Å². The minimum Gasteiger partial charge on any atom is -0.340 e. The normalized spacial score (nSPS) is 19.9. The average molecular weight is 378 g/mol. The van der Waals surface area contributed by atoms with Crippen molar-refractivity contribution in [1.82, 2.24) is 14.7 Å². The molecule has 2 aliphatic heterocycles. The van der Waals surface area contributed by atoms with E-state index < -0.39 is 0 Å². The average Bonchev–Trinajstić information content (AvgIpc) is 2.76. The van der Waals surface area contributed by atoms with Gasteiger partial charge >= 0.3 is 0 Å². The van der Waals surface area contributed by atoms with Gasteiger partial charge in [-0.15, -0.1) is 0 Å². The lowest BCUT2D eigenvalue weighted by atomic mass is 9.94. The molecule has 0 bridgehead atoms. The summed E-state index contributed by atoms with van der Waals surface area (Å²) in [4.78, 5) is 19.9. The zero-order valence-corrected chi connectivity index (χ0v) is 16.8. The molecule has 4 rings (SSSR count). The Balaban J connectivity index is 1.44. The predicted molar refractivity (Wildman–Crippen MR) is 113 cm³/mol. The van der Waals surface area contributed by atoms with Crippen LogP contribution in [-0.2, 0) is 4.79 Å². The topological polar surface area (TPSA) is 26.8 Å². The lowest BCUT2D eigenvalue weighted by Crippen LogP contribution is -2.52. The molecule has 2 saturated heterocycles. The summed E-state index contributed by atoms with van der Waals surface area (Å²) in [6.07, 6.45) is 2.01. The van der Waals surface area contributed by atoms with Crippen LogP contribution in [0.15, 0.2) is 60.7 Å². The molecule has 1 amide bonds. The maximum atomic E-state index is 13.0. The van der Waals surface area contributed by atoms with Crippen LogP contribution in [0.4, 0.5) is 0 Å². The van der Waals surface area contributed by atoms with Gasteiger partial charge in [-0.2, -0.15) is 0 Å². The number of piperidine rings is 1. The predicted octanol–water partition coefficient (Wildman–Crippen LogP) is 3.26. The van der Waals surface area contributed by atoms with Gasteiger partial charge in [-0.1, -0.05) is 60.7 Å². The molecule has 2 aromatic rings. The van der Waals surface area contributed by atoms with Gasteiger partial charge in [0, 0.05) is 32.1 Å². The molecular weight excluding hydrogens is 346 g/mol. The van der Waals surface area contributed by atoms with Crippen molar-refractivity contribution in [2.24, 2.45) is 5.92 Å². The zero-order valence-electron chi connectivity index (χ0n) is 16.8. The minimum atomic E-state index is 0.224. The second-order valence-corrected chi connectivity index (χ2v) is 8.16. The first-order valence-electron chi connectivity index (χ1n) is 10.5. The zero-order chi connectivity index (χ0) is 19.3. The van der Waals surface area contributed by atoms with Gasteiger partial charge in [-0.3, -0.25) is 9.69 Å². The van der Waals surface area contributed by atoms with E-state index in [9.17, 15) is 4.79 Å². The molecule has 2 fully saturated rings. The van der Waals surface area contributed by atoms with Gasteiger partial charge in [0.05, 0.1) is 6.04 Å². The summed E-state index contributed by atoms with van der Waals surface area (Å²) in [5, 5.41) is 0. The standard InChI is InChI=1S/C24H31N3O/c1-25-14-12-22(13-15-25)24(28)27-18-16-26(17-19-27)23(20-8-4-2-5-9-20)21-10-6-3-7-11-21/h2-11,22-23H,12-19H2,1H3. The number of carbonyl (C=O) groups is 1. The number of likely N-dealkylation sites (tertiary alicyclic amines) is 1. The Morgan fingerprint density at radius 3 is 1.79 bits per heavy atom. The Labute approximate surface area is 168 Å². The van der Waals surface area contributed by atoms with Gasteiger partial charge in [-0.05, 0) is 44.1 Å². The number of benzene rings is 2. The molecule has 4 heteroatoms. The van der Waals surface area contributed by atoms with Gasteiger partial charge in [0.1, 0.15) is 0 Å². The van der Waals surface area contributed by atoms with Gasteiger partial charge in [0.15, 0.2) is 0 Å². The lowest BCUT2D eigenvalue weighted by Gasteiger charge is -2.41. The van der Waals surface area contributed by atoms with Crippen LogP contribution < -0.4 is 0 Å². The molecule has 0 aromatic heterocycles. The van der Waals surface area contributed by atoms with Crippen molar-refractivity contribution in [1.29, 1.82) is 0 Å². The number of hydrogen-bond donors (Lipinski definition) is 0. The first-order valence-corrected chi connectivity index (χ1v) is 10.5. The van der Waals surface area contributed by atoms with Crippen LogP contribution in [0.2, 0.25) is 0 Å².